The molecular formula is C37H39F3N6O4. The summed E-state index contributed by atoms with van der Waals surface area (Å²) in [6.07, 6.45) is 8.04. The second-order valence-electron chi connectivity index (χ2n) is 13.9. The molecule has 0 aliphatic carbocycles. The molecule has 0 unspecified atom stereocenters. The molecule has 4 fully saturated rings. The average Bonchev–Trinajstić information content (AvgIpc) is 3.75. The van der Waals surface area contributed by atoms with Crippen LogP contribution in [0.3, 0.4) is 0 Å². The van der Waals surface area contributed by atoms with Crippen LogP contribution in [0.4, 0.5) is 19.0 Å². The number of alkyl halides is 1. The van der Waals surface area contributed by atoms with E-state index < -0.39 is 35.9 Å². The summed E-state index contributed by atoms with van der Waals surface area (Å²) >= 11 is 0. The Morgan fingerprint density at radius 2 is 2.02 bits per heavy atom. The lowest BCUT2D eigenvalue weighted by molar-refractivity contribution is 0.107. The summed E-state index contributed by atoms with van der Waals surface area (Å²) in [6, 6.07) is 5.06. The van der Waals surface area contributed by atoms with E-state index in [0.717, 1.165) is 25.8 Å². The third-order valence-corrected chi connectivity index (χ3v) is 10.7. The molecule has 8 rings (SSSR count). The van der Waals surface area contributed by atoms with E-state index in [-0.39, 0.29) is 89.0 Å². The fourth-order valence-electron chi connectivity index (χ4n) is 8.66. The predicted octanol–water partition coefficient (Wildman–Crippen LogP) is 5.12. The molecule has 10 nitrogen and oxygen atoms in total. The standard InChI is InChI=1S/C37H39F3N6O4/c1-4-25-27(39)8-7-21-13-24(47)14-26(28(21)25)31-30(40)32-29(34(41-31)49-5-2)33(45-17-23-9-11-36(18-45,44-23)19-48-3)43-35(42-32)50-20-37-10-6-12-46(37)16-22(38)15-37/h1,7-8,13-14,22-23,44,47H,5-6,9-12,15-20H2,2-3H3/t22-,23+,36-,37+/m1/s1/i3D3. The van der Waals surface area contributed by atoms with Gasteiger partial charge in [0, 0.05) is 50.1 Å². The van der Waals surface area contributed by atoms with Crippen LogP contribution in [0, 0.1) is 24.0 Å². The predicted molar refractivity (Wildman–Crippen MR) is 182 cm³/mol. The van der Waals surface area contributed by atoms with Gasteiger partial charge >= 0.3 is 6.01 Å². The van der Waals surface area contributed by atoms with Crippen molar-refractivity contribution >= 4 is 27.5 Å². The molecule has 0 spiro atoms. The van der Waals surface area contributed by atoms with Gasteiger partial charge in [-0.3, -0.25) is 4.90 Å². The lowest BCUT2D eigenvalue weighted by atomic mass is 9.95. The maximum absolute atomic E-state index is 17.3. The maximum atomic E-state index is 17.3. The number of benzene rings is 2. The molecule has 4 aromatic rings. The average molecular weight is 692 g/mol. The lowest BCUT2D eigenvalue weighted by Gasteiger charge is -2.42. The molecule has 2 aromatic heterocycles. The van der Waals surface area contributed by atoms with Gasteiger partial charge in [-0.1, -0.05) is 12.0 Å². The van der Waals surface area contributed by atoms with E-state index in [1.165, 1.54) is 24.3 Å². The Morgan fingerprint density at radius 1 is 1.14 bits per heavy atom. The number of aromatic hydroxyl groups is 1. The van der Waals surface area contributed by atoms with Crippen LogP contribution in [0.25, 0.3) is 32.9 Å². The van der Waals surface area contributed by atoms with Crippen molar-refractivity contribution in [1.29, 1.82) is 0 Å². The monoisotopic (exact) mass is 691 g/mol. The van der Waals surface area contributed by atoms with Crippen molar-refractivity contribution in [2.45, 2.75) is 62.3 Å². The maximum Gasteiger partial charge on any atom is 0.319 e. The van der Waals surface area contributed by atoms with E-state index >= 15 is 8.78 Å². The Hall–Kier alpha value is -4.38. The fourth-order valence-corrected chi connectivity index (χ4v) is 8.66. The van der Waals surface area contributed by atoms with Crippen molar-refractivity contribution in [2.24, 2.45) is 0 Å². The number of ether oxygens (including phenoxy) is 3. The lowest BCUT2D eigenvalue weighted by Crippen LogP contribution is -2.61. The van der Waals surface area contributed by atoms with E-state index in [1.807, 2.05) is 4.90 Å². The summed E-state index contributed by atoms with van der Waals surface area (Å²) < 4.78 is 87.6. The third kappa shape index (κ3) is 5.36. The molecule has 262 valence electrons. The van der Waals surface area contributed by atoms with Crippen molar-refractivity contribution in [3.05, 3.63) is 41.5 Å². The second kappa shape index (κ2) is 12.4. The first-order chi connectivity index (χ1) is 25.3. The van der Waals surface area contributed by atoms with Gasteiger partial charge in [-0.15, -0.1) is 6.42 Å². The number of hydrogen-bond donors (Lipinski definition) is 2. The van der Waals surface area contributed by atoms with Gasteiger partial charge in [0.1, 0.15) is 46.8 Å². The third-order valence-electron chi connectivity index (χ3n) is 10.7. The van der Waals surface area contributed by atoms with Gasteiger partial charge < -0.3 is 29.5 Å². The number of piperazine rings is 1. The number of methoxy groups -OCH3 is 1. The molecule has 2 bridgehead atoms. The number of hydrogen-bond acceptors (Lipinski definition) is 10. The topological polar surface area (TPSA) is 105 Å². The van der Waals surface area contributed by atoms with E-state index in [2.05, 4.69) is 26.1 Å². The minimum Gasteiger partial charge on any atom is -0.508 e. The second-order valence-corrected chi connectivity index (χ2v) is 13.9. The number of phenolic OH excluding ortho intramolecular Hbond substituents is 1. The number of nitrogens with zero attached hydrogens (tertiary/aromatic N) is 5. The highest BCUT2D eigenvalue weighted by atomic mass is 19.1. The molecule has 6 heterocycles. The van der Waals surface area contributed by atoms with Gasteiger partial charge in [0.25, 0.3) is 0 Å². The zero-order valence-corrected chi connectivity index (χ0v) is 27.6. The minimum atomic E-state index is -2.60. The first-order valence-electron chi connectivity index (χ1n) is 18.5. The van der Waals surface area contributed by atoms with Crippen molar-refractivity contribution in [3.8, 4) is 41.2 Å². The SMILES string of the molecule is [2H]C([2H])([2H])OC[C@@]12CC[C@@H](CN(c3nc(OC[C@@]45CCCN4C[C@H](F)C5)nc4c(F)c(-c5cc(O)cc6ccc(F)c(C#C)c56)nc(OCC)c34)C1)N2. The molecule has 0 saturated carbocycles. The number of halogens is 3. The Bertz CT molecular complexity index is 2150. The van der Waals surface area contributed by atoms with Gasteiger partial charge in [-0.25, -0.2) is 18.2 Å². The number of nitrogens with one attached hydrogen (secondary N) is 1. The molecule has 2 aromatic carbocycles. The van der Waals surface area contributed by atoms with Gasteiger partial charge in [0.05, 0.1) is 34.0 Å². The molecule has 4 saturated heterocycles. The van der Waals surface area contributed by atoms with Crippen molar-refractivity contribution in [2.75, 3.05) is 57.9 Å². The molecule has 2 N–H and O–H groups in total. The fraction of sp³-hybridized carbons (Fsp3) is 0.486. The molecule has 4 aliphatic heterocycles. The van der Waals surface area contributed by atoms with E-state index in [1.54, 1.807) is 6.92 Å². The number of aromatic nitrogens is 3. The number of anilines is 1. The summed E-state index contributed by atoms with van der Waals surface area (Å²) in [6.45, 7) is 3.59. The van der Waals surface area contributed by atoms with E-state index in [4.69, 9.17) is 29.7 Å². The summed E-state index contributed by atoms with van der Waals surface area (Å²) in [4.78, 5) is 18.1. The van der Waals surface area contributed by atoms with Crippen molar-refractivity contribution in [1.82, 2.24) is 25.2 Å². The van der Waals surface area contributed by atoms with Crippen LogP contribution in [-0.4, -0.2) is 101 Å². The van der Waals surface area contributed by atoms with Gasteiger partial charge in [0.2, 0.25) is 5.88 Å². The summed E-state index contributed by atoms with van der Waals surface area (Å²) in [5, 5.41) is 14.9. The van der Waals surface area contributed by atoms with Crippen LogP contribution in [0.1, 0.15) is 48.7 Å². The quantitative estimate of drug-likeness (QED) is 0.230. The molecule has 0 radical (unpaired) electrons. The molecule has 50 heavy (non-hydrogen) atoms. The van der Waals surface area contributed by atoms with Crippen LogP contribution in [-0.2, 0) is 4.74 Å². The number of phenols is 1. The Labute approximate surface area is 292 Å². The Morgan fingerprint density at radius 3 is 2.84 bits per heavy atom. The molecule has 4 aliphatic rings. The van der Waals surface area contributed by atoms with Crippen LogP contribution in [0.2, 0.25) is 0 Å². The normalized spacial score (nSPS) is 27.3. The van der Waals surface area contributed by atoms with Crippen LogP contribution >= 0.6 is 0 Å². The molecule has 4 atom stereocenters. The minimum absolute atomic E-state index is 0.0223. The van der Waals surface area contributed by atoms with E-state index in [0.29, 0.717) is 31.3 Å². The van der Waals surface area contributed by atoms with Gasteiger partial charge in [0.15, 0.2) is 5.82 Å². The summed E-state index contributed by atoms with van der Waals surface area (Å²) in [7, 11) is -2.60. The first-order valence-corrected chi connectivity index (χ1v) is 17.0. The highest BCUT2D eigenvalue weighted by molar-refractivity contribution is 6.04. The van der Waals surface area contributed by atoms with Gasteiger partial charge in [-0.05, 0) is 62.7 Å². The molecular weight excluding hydrogens is 649 g/mol. The number of terminal acetylenes is 1. The smallest absolute Gasteiger partial charge is 0.319 e. The first kappa shape index (κ1) is 29.4. The van der Waals surface area contributed by atoms with Crippen LogP contribution in [0.15, 0.2) is 24.3 Å². The molecule has 0 amide bonds. The number of pyridine rings is 1. The number of rotatable bonds is 9. The highest BCUT2D eigenvalue weighted by Gasteiger charge is 2.50. The van der Waals surface area contributed by atoms with Gasteiger partial charge in [-0.2, -0.15) is 9.97 Å². The van der Waals surface area contributed by atoms with E-state index in [9.17, 15) is 9.50 Å². The Balaban J connectivity index is 1.31. The highest BCUT2D eigenvalue weighted by Crippen LogP contribution is 2.44. The Kier molecular flexibility index (Phi) is 7.30. The van der Waals surface area contributed by atoms with Crippen molar-refractivity contribution in [3.63, 3.8) is 0 Å². The van der Waals surface area contributed by atoms with Crippen LogP contribution in [0.5, 0.6) is 17.6 Å². The zero-order chi connectivity index (χ0) is 37.3. The summed E-state index contributed by atoms with van der Waals surface area (Å²) in [5.74, 6) is 0.743. The number of fused-ring (bicyclic) bond motifs is 5. The zero-order valence-electron chi connectivity index (χ0n) is 30.6. The van der Waals surface area contributed by atoms with Crippen LogP contribution < -0.4 is 19.7 Å². The molecule has 13 heteroatoms. The van der Waals surface area contributed by atoms with Crippen molar-refractivity contribution < 1.29 is 36.6 Å². The summed E-state index contributed by atoms with van der Waals surface area (Å²) in [5.41, 5.74) is -1.89. The largest absolute Gasteiger partial charge is 0.508 e.